The lowest BCUT2D eigenvalue weighted by Gasteiger charge is -2.33. The van der Waals surface area contributed by atoms with Gasteiger partial charge in [0.15, 0.2) is 5.78 Å². The molecule has 0 aliphatic carbocycles. The minimum Gasteiger partial charge on any atom is -0.373 e. The first-order valence-corrected chi connectivity index (χ1v) is 8.55. The van der Waals surface area contributed by atoms with Crippen LogP contribution in [0.25, 0.3) is 0 Å². The maximum Gasteiger partial charge on any atom is 0.424 e. The summed E-state index contributed by atoms with van der Waals surface area (Å²) in [6, 6.07) is 0. The molecule has 1 heterocycles. The number of carbonyl (C=O) groups is 2. The molecule has 1 rings (SSSR count). The molecule has 1 aliphatic heterocycles. The van der Waals surface area contributed by atoms with Crippen molar-refractivity contribution in [3.05, 3.63) is 23.8 Å². The Bertz CT molecular complexity index is 576. The Morgan fingerprint density at radius 1 is 1.23 bits per heavy atom. The highest BCUT2D eigenvalue weighted by molar-refractivity contribution is 5.92. The van der Waals surface area contributed by atoms with Gasteiger partial charge in [-0.05, 0) is 40.5 Å². The molecule has 0 spiro atoms. The van der Waals surface area contributed by atoms with Gasteiger partial charge in [-0.1, -0.05) is 23.8 Å². The van der Waals surface area contributed by atoms with Gasteiger partial charge in [-0.25, -0.2) is 0 Å². The van der Waals surface area contributed by atoms with Crippen LogP contribution < -0.4 is 0 Å². The first-order valence-electron chi connectivity index (χ1n) is 8.55. The van der Waals surface area contributed by atoms with Crippen LogP contribution in [0.2, 0.25) is 0 Å². The second kappa shape index (κ2) is 8.95. The van der Waals surface area contributed by atoms with E-state index in [1.807, 2.05) is 13.8 Å². The van der Waals surface area contributed by atoms with Crippen molar-refractivity contribution < 1.29 is 32.2 Å². The number of ketones is 2. The summed E-state index contributed by atoms with van der Waals surface area (Å²) in [4.78, 5) is 24.0. The molecule has 4 unspecified atom stereocenters. The fourth-order valence-corrected chi connectivity index (χ4v) is 2.89. The zero-order valence-electron chi connectivity index (χ0n) is 15.9. The van der Waals surface area contributed by atoms with E-state index >= 15 is 0 Å². The minimum absolute atomic E-state index is 0.0596. The van der Waals surface area contributed by atoms with Crippen LogP contribution in [0.5, 0.6) is 0 Å². The third kappa shape index (κ3) is 5.51. The molecule has 0 amide bonds. The first kappa shape index (κ1) is 22.6. The zero-order chi connectivity index (χ0) is 20.1. The number of alkyl halides is 3. The summed E-state index contributed by atoms with van der Waals surface area (Å²) in [5, 5.41) is 0. The van der Waals surface area contributed by atoms with Crippen LogP contribution in [0.4, 0.5) is 13.2 Å². The van der Waals surface area contributed by atoms with E-state index in [-0.39, 0.29) is 18.3 Å². The Morgan fingerprint density at radius 3 is 2.31 bits per heavy atom. The number of ether oxygens (including phenoxy) is 2. The lowest BCUT2D eigenvalue weighted by molar-refractivity contribution is -0.254. The monoisotopic (exact) mass is 376 g/mol. The normalized spacial score (nSPS) is 24.3. The number of hydrogen-bond donors (Lipinski definition) is 0. The molecule has 0 aromatic carbocycles. The zero-order valence-corrected chi connectivity index (χ0v) is 15.9. The predicted molar refractivity (Wildman–Crippen MR) is 91.7 cm³/mol. The molecule has 4 atom stereocenters. The summed E-state index contributed by atoms with van der Waals surface area (Å²) in [5.74, 6) is -2.27. The van der Waals surface area contributed by atoms with E-state index in [1.54, 1.807) is 12.2 Å². The maximum absolute atomic E-state index is 13.4. The average molecular weight is 376 g/mol. The van der Waals surface area contributed by atoms with Crippen LogP contribution in [0.1, 0.15) is 47.0 Å². The van der Waals surface area contributed by atoms with Crippen molar-refractivity contribution >= 4 is 11.6 Å². The Morgan fingerprint density at radius 2 is 1.85 bits per heavy atom. The topological polar surface area (TPSA) is 52.6 Å². The molecular weight excluding hydrogens is 349 g/mol. The summed E-state index contributed by atoms with van der Waals surface area (Å²) >= 11 is 0. The summed E-state index contributed by atoms with van der Waals surface area (Å²) < 4.78 is 50.6. The third-order valence-electron chi connectivity index (χ3n) is 4.53. The lowest BCUT2D eigenvalue weighted by atomic mass is 9.84. The Hall–Kier alpha value is -1.47. The second-order valence-electron chi connectivity index (χ2n) is 7.03. The van der Waals surface area contributed by atoms with E-state index in [1.165, 1.54) is 13.0 Å². The van der Waals surface area contributed by atoms with Gasteiger partial charge >= 0.3 is 6.18 Å². The van der Waals surface area contributed by atoms with Gasteiger partial charge in [0.2, 0.25) is 5.60 Å². The summed E-state index contributed by atoms with van der Waals surface area (Å²) in [6.07, 6.45) is -0.111. The molecule has 0 saturated carbocycles. The smallest absolute Gasteiger partial charge is 0.373 e. The van der Waals surface area contributed by atoms with E-state index in [2.05, 4.69) is 4.74 Å². The Kier molecular flexibility index (Phi) is 7.77. The molecular formula is C19H27F3O4. The van der Waals surface area contributed by atoms with Gasteiger partial charge in [-0.2, -0.15) is 13.2 Å². The van der Waals surface area contributed by atoms with Crippen molar-refractivity contribution in [2.75, 3.05) is 7.11 Å². The van der Waals surface area contributed by atoms with Gasteiger partial charge in [-0.3, -0.25) is 9.59 Å². The summed E-state index contributed by atoms with van der Waals surface area (Å²) in [6.45, 7) is 5.84. The van der Waals surface area contributed by atoms with Crippen LogP contribution >= 0.6 is 0 Å². The van der Waals surface area contributed by atoms with Gasteiger partial charge in [0.1, 0.15) is 5.78 Å². The Labute approximate surface area is 152 Å². The van der Waals surface area contributed by atoms with Crippen molar-refractivity contribution in [1.82, 2.24) is 0 Å². The SMILES string of the molecule is COC(C)(C(=O)C(/C=C/C=C(C)C)C1CCC(CC(C)=O)O1)C(F)(F)F. The average Bonchev–Trinajstić information content (AvgIpc) is 2.96. The van der Waals surface area contributed by atoms with Gasteiger partial charge in [0, 0.05) is 13.5 Å². The fraction of sp³-hybridized carbons (Fsp3) is 0.684. The third-order valence-corrected chi connectivity index (χ3v) is 4.53. The molecule has 0 aromatic rings. The van der Waals surface area contributed by atoms with Crippen LogP contribution in [-0.4, -0.2) is 42.7 Å². The predicted octanol–water partition coefficient (Wildman–Crippen LogP) is 4.19. The quantitative estimate of drug-likeness (QED) is 0.596. The molecule has 0 bridgehead atoms. The van der Waals surface area contributed by atoms with E-state index in [0.29, 0.717) is 12.8 Å². The number of allylic oxidation sites excluding steroid dienone is 3. The van der Waals surface area contributed by atoms with Gasteiger partial charge in [0.05, 0.1) is 18.1 Å². The standard InChI is InChI=1S/C19H27F3O4/c1-12(2)7-6-8-15(16-10-9-14(26-16)11-13(3)23)17(24)18(4,25-5)19(20,21)22/h6-8,14-16H,9-11H2,1-5H3/b8-6+. The lowest BCUT2D eigenvalue weighted by Crippen LogP contribution is -2.54. The van der Waals surface area contributed by atoms with E-state index in [4.69, 9.17) is 4.74 Å². The van der Waals surface area contributed by atoms with E-state index < -0.39 is 29.6 Å². The van der Waals surface area contributed by atoms with Crippen LogP contribution in [0.3, 0.4) is 0 Å². The first-order chi connectivity index (χ1) is 11.9. The molecule has 0 radical (unpaired) electrons. The number of Topliss-reactive ketones (excluding diaryl/α,β-unsaturated/α-hetero) is 2. The molecule has 4 nitrogen and oxygen atoms in total. The van der Waals surface area contributed by atoms with E-state index in [9.17, 15) is 22.8 Å². The molecule has 1 saturated heterocycles. The van der Waals surface area contributed by atoms with Crippen molar-refractivity contribution in [1.29, 1.82) is 0 Å². The molecule has 0 N–H and O–H groups in total. The number of halogens is 3. The van der Waals surface area contributed by atoms with Crippen molar-refractivity contribution in [3.8, 4) is 0 Å². The number of rotatable bonds is 8. The summed E-state index contributed by atoms with van der Waals surface area (Å²) in [7, 11) is 0.871. The van der Waals surface area contributed by atoms with Crippen molar-refractivity contribution in [2.45, 2.75) is 70.9 Å². The molecule has 1 fully saturated rings. The van der Waals surface area contributed by atoms with Gasteiger partial charge in [0.25, 0.3) is 0 Å². The molecule has 0 aromatic heterocycles. The Balaban J connectivity index is 3.13. The largest absolute Gasteiger partial charge is 0.424 e. The van der Waals surface area contributed by atoms with Gasteiger partial charge < -0.3 is 9.47 Å². The number of methoxy groups -OCH3 is 1. The number of hydrogen-bond acceptors (Lipinski definition) is 4. The molecule has 148 valence electrons. The highest BCUT2D eigenvalue weighted by Crippen LogP contribution is 2.39. The highest BCUT2D eigenvalue weighted by atomic mass is 19.4. The van der Waals surface area contributed by atoms with Crippen molar-refractivity contribution in [3.63, 3.8) is 0 Å². The van der Waals surface area contributed by atoms with Crippen LogP contribution in [0.15, 0.2) is 23.8 Å². The van der Waals surface area contributed by atoms with E-state index in [0.717, 1.165) is 19.6 Å². The van der Waals surface area contributed by atoms with Crippen LogP contribution in [0, 0.1) is 5.92 Å². The van der Waals surface area contributed by atoms with Crippen molar-refractivity contribution in [2.24, 2.45) is 5.92 Å². The maximum atomic E-state index is 13.4. The fourth-order valence-electron chi connectivity index (χ4n) is 2.89. The number of carbonyl (C=O) groups excluding carboxylic acids is 2. The molecule has 7 heteroatoms. The second-order valence-corrected chi connectivity index (χ2v) is 7.03. The molecule has 26 heavy (non-hydrogen) atoms. The van der Waals surface area contributed by atoms with Gasteiger partial charge in [-0.15, -0.1) is 0 Å². The summed E-state index contributed by atoms with van der Waals surface area (Å²) in [5.41, 5.74) is -1.98. The minimum atomic E-state index is -4.85. The van der Waals surface area contributed by atoms with Crippen LogP contribution in [-0.2, 0) is 19.1 Å². The molecule has 1 aliphatic rings. The highest BCUT2D eigenvalue weighted by Gasteiger charge is 2.59.